The minimum atomic E-state index is -0.468. The fourth-order valence-corrected chi connectivity index (χ4v) is 1.88. The summed E-state index contributed by atoms with van der Waals surface area (Å²) in [4.78, 5) is 11.6. The lowest BCUT2D eigenvalue weighted by Crippen LogP contribution is -2.24. The molecule has 0 unspecified atom stereocenters. The molecule has 2 rings (SSSR count). The molecule has 2 aromatic rings. The Balaban J connectivity index is 1.91. The average molecular weight is 350 g/mol. The molecule has 0 atom stereocenters. The van der Waals surface area contributed by atoms with E-state index in [1.807, 2.05) is 19.1 Å². The summed E-state index contributed by atoms with van der Waals surface area (Å²) in [6, 6.07) is 10.9. The number of hydrogen-bond donors (Lipinski definition) is 2. The maximum atomic E-state index is 12.9. The van der Waals surface area contributed by atoms with Crippen molar-refractivity contribution in [1.82, 2.24) is 5.43 Å². The van der Waals surface area contributed by atoms with Crippen molar-refractivity contribution in [2.75, 3.05) is 5.32 Å². The van der Waals surface area contributed by atoms with Crippen LogP contribution >= 0.6 is 15.9 Å². The summed E-state index contributed by atoms with van der Waals surface area (Å²) < 4.78 is 13.9. The maximum absolute atomic E-state index is 12.9. The van der Waals surface area contributed by atoms with E-state index < -0.39 is 6.03 Å². The van der Waals surface area contributed by atoms with E-state index >= 15 is 0 Å². The van der Waals surface area contributed by atoms with Crippen LogP contribution in [0.2, 0.25) is 0 Å². The Morgan fingerprint density at radius 2 is 2.10 bits per heavy atom. The predicted molar refractivity (Wildman–Crippen MR) is 85.0 cm³/mol. The molecule has 0 bridgehead atoms. The van der Waals surface area contributed by atoms with Gasteiger partial charge in [0.15, 0.2) is 0 Å². The van der Waals surface area contributed by atoms with E-state index in [-0.39, 0.29) is 5.82 Å². The fraction of sp³-hybridized carbons (Fsp3) is 0.0667. The molecule has 0 heterocycles. The molecule has 0 fully saturated rings. The van der Waals surface area contributed by atoms with Gasteiger partial charge in [0.05, 0.1) is 6.21 Å². The van der Waals surface area contributed by atoms with Crippen molar-refractivity contribution in [1.29, 1.82) is 0 Å². The number of carbonyl (C=O) groups excluding carboxylic acids is 1. The van der Waals surface area contributed by atoms with Crippen molar-refractivity contribution in [3.8, 4) is 0 Å². The molecule has 2 aromatic carbocycles. The molecule has 0 aromatic heterocycles. The summed E-state index contributed by atoms with van der Waals surface area (Å²) in [5.74, 6) is -0.353. The van der Waals surface area contributed by atoms with Crippen LogP contribution < -0.4 is 10.7 Å². The van der Waals surface area contributed by atoms with Gasteiger partial charge < -0.3 is 5.32 Å². The number of hydrazone groups is 1. The highest BCUT2D eigenvalue weighted by Gasteiger charge is 2.01. The summed E-state index contributed by atoms with van der Waals surface area (Å²) >= 11 is 3.39. The lowest BCUT2D eigenvalue weighted by Gasteiger charge is -2.06. The van der Waals surface area contributed by atoms with E-state index in [9.17, 15) is 9.18 Å². The van der Waals surface area contributed by atoms with E-state index in [0.717, 1.165) is 10.0 Å². The molecule has 0 aliphatic rings. The van der Waals surface area contributed by atoms with Gasteiger partial charge in [0.2, 0.25) is 0 Å². The van der Waals surface area contributed by atoms with Gasteiger partial charge in [-0.1, -0.05) is 28.1 Å². The van der Waals surface area contributed by atoms with Gasteiger partial charge in [-0.15, -0.1) is 0 Å². The van der Waals surface area contributed by atoms with Crippen LogP contribution in [-0.2, 0) is 0 Å². The summed E-state index contributed by atoms with van der Waals surface area (Å²) in [6.07, 6.45) is 1.37. The van der Waals surface area contributed by atoms with Crippen LogP contribution in [0.4, 0.5) is 14.9 Å². The number of urea groups is 1. The predicted octanol–water partition coefficient (Wildman–Crippen LogP) is 4.05. The lowest BCUT2D eigenvalue weighted by molar-refractivity contribution is 0.252. The van der Waals surface area contributed by atoms with Crippen LogP contribution in [0.25, 0.3) is 0 Å². The van der Waals surface area contributed by atoms with Gasteiger partial charge >= 0.3 is 6.03 Å². The monoisotopic (exact) mass is 349 g/mol. The Labute approximate surface area is 130 Å². The van der Waals surface area contributed by atoms with Crippen LogP contribution in [0.1, 0.15) is 11.1 Å². The van der Waals surface area contributed by atoms with Gasteiger partial charge in [-0.25, -0.2) is 14.6 Å². The van der Waals surface area contributed by atoms with E-state index in [2.05, 4.69) is 31.8 Å². The third kappa shape index (κ3) is 4.68. The molecule has 0 aliphatic heterocycles. The first-order chi connectivity index (χ1) is 10.0. The fourth-order valence-electron chi connectivity index (χ4n) is 1.63. The quantitative estimate of drug-likeness (QED) is 0.637. The molecule has 21 heavy (non-hydrogen) atoms. The molecule has 0 spiro atoms. The summed E-state index contributed by atoms with van der Waals surface area (Å²) in [5.41, 5.74) is 4.55. The first-order valence-corrected chi connectivity index (χ1v) is 6.95. The lowest BCUT2D eigenvalue weighted by atomic mass is 10.2. The molecule has 4 nitrogen and oxygen atoms in total. The SMILES string of the molecule is Cc1cc(NC(=O)N/N=C/c2cccc(F)c2)ccc1Br. The second-order valence-electron chi connectivity index (χ2n) is 4.34. The molecule has 0 saturated heterocycles. The summed E-state index contributed by atoms with van der Waals surface area (Å²) in [7, 11) is 0. The van der Waals surface area contributed by atoms with Gasteiger partial charge in [-0.3, -0.25) is 0 Å². The molecular formula is C15H13BrFN3O. The Morgan fingerprint density at radius 3 is 2.81 bits per heavy atom. The van der Waals surface area contributed by atoms with Gasteiger partial charge in [0.1, 0.15) is 5.82 Å². The molecule has 108 valence electrons. The largest absolute Gasteiger partial charge is 0.339 e. The molecule has 0 saturated carbocycles. The highest BCUT2D eigenvalue weighted by atomic mass is 79.9. The highest BCUT2D eigenvalue weighted by molar-refractivity contribution is 9.10. The van der Waals surface area contributed by atoms with Crippen molar-refractivity contribution in [2.45, 2.75) is 6.92 Å². The minimum absolute atomic E-state index is 0.353. The molecule has 2 N–H and O–H groups in total. The maximum Gasteiger partial charge on any atom is 0.339 e. The van der Waals surface area contributed by atoms with Crippen LogP contribution in [0.5, 0.6) is 0 Å². The van der Waals surface area contributed by atoms with E-state index in [1.165, 1.54) is 18.3 Å². The van der Waals surface area contributed by atoms with E-state index in [4.69, 9.17) is 0 Å². The molecule has 2 amide bonds. The van der Waals surface area contributed by atoms with Gasteiger partial charge in [0.25, 0.3) is 0 Å². The second-order valence-corrected chi connectivity index (χ2v) is 5.20. The van der Waals surface area contributed by atoms with Crippen molar-refractivity contribution >= 4 is 33.9 Å². The standard InChI is InChI=1S/C15H13BrFN3O/c1-10-7-13(5-6-14(10)16)19-15(21)20-18-9-11-3-2-4-12(17)8-11/h2-9H,1H3,(H2,19,20,21)/b18-9+. The average Bonchev–Trinajstić information content (AvgIpc) is 2.43. The number of aryl methyl sites for hydroxylation is 1. The van der Waals surface area contributed by atoms with Crippen molar-refractivity contribution in [3.63, 3.8) is 0 Å². The zero-order valence-electron chi connectivity index (χ0n) is 11.2. The van der Waals surface area contributed by atoms with Gasteiger partial charge in [-0.2, -0.15) is 5.10 Å². The molecule has 0 aliphatic carbocycles. The molecule has 0 radical (unpaired) electrons. The number of rotatable bonds is 3. The highest BCUT2D eigenvalue weighted by Crippen LogP contribution is 2.19. The number of halogens is 2. The summed E-state index contributed by atoms with van der Waals surface area (Å²) in [5, 5.41) is 6.40. The third-order valence-corrected chi connectivity index (χ3v) is 3.53. The Hall–Kier alpha value is -2.21. The first-order valence-electron chi connectivity index (χ1n) is 6.16. The first kappa shape index (κ1) is 15.2. The minimum Gasteiger partial charge on any atom is -0.307 e. The molecule has 6 heteroatoms. The van der Waals surface area contributed by atoms with Crippen LogP contribution in [0.15, 0.2) is 52.0 Å². The van der Waals surface area contributed by atoms with Crippen molar-refractivity contribution in [3.05, 3.63) is 63.9 Å². The van der Waals surface area contributed by atoms with Gasteiger partial charge in [0, 0.05) is 10.2 Å². The van der Waals surface area contributed by atoms with Gasteiger partial charge in [-0.05, 0) is 48.4 Å². The smallest absolute Gasteiger partial charge is 0.307 e. The third-order valence-electron chi connectivity index (χ3n) is 2.64. The topological polar surface area (TPSA) is 53.5 Å². The zero-order chi connectivity index (χ0) is 15.2. The summed E-state index contributed by atoms with van der Waals surface area (Å²) in [6.45, 7) is 1.93. The van der Waals surface area contributed by atoms with Crippen LogP contribution in [-0.4, -0.2) is 12.2 Å². The number of amides is 2. The van der Waals surface area contributed by atoms with Crippen LogP contribution in [0.3, 0.4) is 0 Å². The Morgan fingerprint density at radius 1 is 1.29 bits per heavy atom. The number of nitrogens with zero attached hydrogens (tertiary/aromatic N) is 1. The zero-order valence-corrected chi connectivity index (χ0v) is 12.8. The van der Waals surface area contributed by atoms with Crippen molar-refractivity contribution < 1.29 is 9.18 Å². The Bertz CT molecular complexity index is 688. The Kier molecular flexibility index (Phi) is 5.05. The van der Waals surface area contributed by atoms with Crippen molar-refractivity contribution in [2.24, 2.45) is 5.10 Å². The number of anilines is 1. The second kappa shape index (κ2) is 6.99. The number of nitrogens with one attached hydrogen (secondary N) is 2. The van der Waals surface area contributed by atoms with E-state index in [0.29, 0.717) is 11.3 Å². The normalized spacial score (nSPS) is 10.6. The van der Waals surface area contributed by atoms with Crippen LogP contribution in [0, 0.1) is 12.7 Å². The molecular weight excluding hydrogens is 337 g/mol. The van der Waals surface area contributed by atoms with E-state index in [1.54, 1.807) is 18.2 Å². The number of hydrogen-bond acceptors (Lipinski definition) is 2. The number of carbonyl (C=O) groups is 1. The number of benzene rings is 2.